The number of ether oxygens (including phenoxy) is 2. The van der Waals surface area contributed by atoms with E-state index >= 15 is 0 Å². The highest BCUT2D eigenvalue weighted by molar-refractivity contribution is 7.55. The SMILES string of the molecule is C=C(CC)OC=COCCO.CCOP(=O)(OCC)C(CC(=O)O)C(=O)O. The lowest BCUT2D eigenvalue weighted by molar-refractivity contribution is -0.143. The molecular weight excluding hydrogens is 383 g/mol. The van der Waals surface area contributed by atoms with Gasteiger partial charge in [0.1, 0.15) is 19.1 Å². The zero-order valence-electron chi connectivity index (χ0n) is 15.8. The van der Waals surface area contributed by atoms with Crippen LogP contribution in [0.3, 0.4) is 0 Å². The minimum absolute atomic E-state index is 0.0130. The van der Waals surface area contributed by atoms with Crippen LogP contribution in [0, 0.1) is 0 Å². The van der Waals surface area contributed by atoms with E-state index < -0.39 is 31.6 Å². The van der Waals surface area contributed by atoms with Crippen LogP contribution >= 0.6 is 7.60 Å². The number of rotatable bonds is 14. The summed E-state index contributed by atoms with van der Waals surface area (Å²) in [5, 5.41) is 25.7. The van der Waals surface area contributed by atoms with Crippen molar-refractivity contribution in [1.29, 1.82) is 0 Å². The summed E-state index contributed by atoms with van der Waals surface area (Å²) in [7, 11) is -3.92. The molecule has 0 bridgehead atoms. The molecule has 11 heteroatoms. The van der Waals surface area contributed by atoms with Gasteiger partial charge in [-0.3, -0.25) is 14.2 Å². The maximum Gasteiger partial charge on any atom is 0.345 e. The van der Waals surface area contributed by atoms with Gasteiger partial charge in [0, 0.05) is 6.42 Å². The first-order valence-corrected chi connectivity index (χ1v) is 9.84. The molecule has 1 unspecified atom stereocenters. The summed E-state index contributed by atoms with van der Waals surface area (Å²) in [5.74, 6) is -2.19. The molecule has 0 rings (SSSR count). The molecule has 3 N–H and O–H groups in total. The topological polar surface area (TPSA) is 149 Å². The normalized spacial score (nSPS) is 12.0. The summed E-state index contributed by atoms with van der Waals surface area (Å²) < 4.78 is 31.3. The van der Waals surface area contributed by atoms with Crippen LogP contribution in [-0.2, 0) is 32.7 Å². The van der Waals surface area contributed by atoms with Crippen LogP contribution in [0.25, 0.3) is 0 Å². The summed E-state index contributed by atoms with van der Waals surface area (Å²) in [6.45, 7) is 8.88. The van der Waals surface area contributed by atoms with E-state index in [9.17, 15) is 14.2 Å². The molecule has 27 heavy (non-hydrogen) atoms. The van der Waals surface area contributed by atoms with Crippen molar-refractivity contribution in [1.82, 2.24) is 0 Å². The molecule has 0 radical (unpaired) electrons. The molecule has 0 aliphatic heterocycles. The fraction of sp³-hybridized carbons (Fsp3) is 0.625. The van der Waals surface area contributed by atoms with Crippen LogP contribution in [0.2, 0.25) is 0 Å². The maximum absolute atomic E-state index is 12.0. The Balaban J connectivity index is 0. The summed E-state index contributed by atoms with van der Waals surface area (Å²) in [6, 6.07) is 0. The third-order valence-electron chi connectivity index (χ3n) is 2.64. The Morgan fingerprint density at radius 2 is 1.67 bits per heavy atom. The van der Waals surface area contributed by atoms with Gasteiger partial charge in [-0.25, -0.2) is 0 Å². The van der Waals surface area contributed by atoms with Crippen LogP contribution < -0.4 is 0 Å². The van der Waals surface area contributed by atoms with Crippen molar-refractivity contribution in [2.75, 3.05) is 26.4 Å². The molecule has 158 valence electrons. The third kappa shape index (κ3) is 13.9. The van der Waals surface area contributed by atoms with Gasteiger partial charge < -0.3 is 33.8 Å². The number of aliphatic hydroxyl groups excluding tert-OH is 1. The average Bonchev–Trinajstić information content (AvgIpc) is 2.59. The molecule has 0 spiro atoms. The number of hydrogen-bond donors (Lipinski definition) is 3. The van der Waals surface area contributed by atoms with Gasteiger partial charge in [0.25, 0.3) is 0 Å². The van der Waals surface area contributed by atoms with Crippen LogP contribution in [0.1, 0.15) is 33.6 Å². The number of carbonyl (C=O) groups is 2. The fourth-order valence-electron chi connectivity index (χ4n) is 1.44. The Morgan fingerprint density at radius 3 is 2.04 bits per heavy atom. The smallest absolute Gasteiger partial charge is 0.345 e. The number of hydrogen-bond acceptors (Lipinski definition) is 8. The molecule has 0 fully saturated rings. The minimum Gasteiger partial charge on any atom is -0.496 e. The van der Waals surface area contributed by atoms with Crippen LogP contribution in [-0.4, -0.2) is 59.3 Å². The van der Waals surface area contributed by atoms with E-state index in [1.54, 1.807) is 0 Å². The van der Waals surface area contributed by atoms with Crippen LogP contribution in [0.5, 0.6) is 0 Å². The Hall–Kier alpha value is -1.87. The molecule has 0 aromatic heterocycles. The van der Waals surface area contributed by atoms with Gasteiger partial charge in [0.15, 0.2) is 5.66 Å². The summed E-state index contributed by atoms with van der Waals surface area (Å²) in [6.07, 6.45) is 2.77. The lowest BCUT2D eigenvalue weighted by Crippen LogP contribution is -2.26. The molecule has 0 aliphatic carbocycles. The van der Waals surface area contributed by atoms with Gasteiger partial charge in [0.05, 0.1) is 32.0 Å². The first-order valence-electron chi connectivity index (χ1n) is 8.23. The van der Waals surface area contributed by atoms with Crippen molar-refractivity contribution in [3.63, 3.8) is 0 Å². The molecule has 1 atom stereocenters. The highest BCUT2D eigenvalue weighted by Gasteiger charge is 2.42. The van der Waals surface area contributed by atoms with E-state index in [0.717, 1.165) is 6.42 Å². The molecule has 0 saturated carbocycles. The first kappa shape index (κ1) is 27.3. The highest BCUT2D eigenvalue weighted by atomic mass is 31.2. The van der Waals surface area contributed by atoms with Crippen molar-refractivity contribution in [3.05, 3.63) is 24.9 Å². The molecule has 0 aromatic carbocycles. The van der Waals surface area contributed by atoms with Crippen LogP contribution in [0.4, 0.5) is 0 Å². The number of carboxylic acids is 2. The molecule has 10 nitrogen and oxygen atoms in total. The second-order valence-corrected chi connectivity index (χ2v) is 6.92. The highest BCUT2D eigenvalue weighted by Crippen LogP contribution is 2.54. The molecule has 0 amide bonds. The van der Waals surface area contributed by atoms with E-state index in [0.29, 0.717) is 12.4 Å². The number of aliphatic carboxylic acids is 2. The Kier molecular flexibility index (Phi) is 16.5. The van der Waals surface area contributed by atoms with E-state index in [-0.39, 0.29) is 19.8 Å². The zero-order valence-corrected chi connectivity index (χ0v) is 16.7. The number of aliphatic hydroxyl groups is 1. The average molecular weight is 412 g/mol. The number of allylic oxidation sites excluding steroid dienone is 1. The van der Waals surface area contributed by atoms with Crippen molar-refractivity contribution >= 4 is 19.5 Å². The largest absolute Gasteiger partial charge is 0.496 e. The van der Waals surface area contributed by atoms with Gasteiger partial charge in [-0.05, 0) is 13.8 Å². The summed E-state index contributed by atoms with van der Waals surface area (Å²) in [5.41, 5.74) is -1.68. The molecule has 0 saturated heterocycles. The van der Waals surface area contributed by atoms with E-state index in [4.69, 9.17) is 33.8 Å². The number of carboxylic acid groups (broad SMARTS) is 2. The second-order valence-electron chi connectivity index (χ2n) is 4.70. The second kappa shape index (κ2) is 16.3. The fourth-order valence-corrected chi connectivity index (χ4v) is 3.25. The van der Waals surface area contributed by atoms with Gasteiger partial charge in [0.2, 0.25) is 0 Å². The Labute approximate surface area is 158 Å². The van der Waals surface area contributed by atoms with Gasteiger partial charge in [-0.15, -0.1) is 0 Å². The first-order chi connectivity index (χ1) is 12.7. The van der Waals surface area contributed by atoms with Gasteiger partial charge in [-0.2, -0.15) is 0 Å². The standard InChI is InChI=1S/C8H15O7P.C8H14O3/c1-3-14-16(13,15-4-2)6(8(11)12)5-7(9)10;1-3-8(2)11-7-6-10-5-4-9/h6H,3-5H2,1-2H3,(H,9,10)(H,11,12);6-7,9H,2-5H2,1H3. The van der Waals surface area contributed by atoms with E-state index in [1.807, 2.05) is 6.92 Å². The van der Waals surface area contributed by atoms with Crippen molar-refractivity contribution in [2.45, 2.75) is 39.3 Å². The van der Waals surface area contributed by atoms with E-state index in [2.05, 4.69) is 6.58 Å². The Morgan fingerprint density at radius 1 is 1.11 bits per heavy atom. The molecule has 0 aliphatic rings. The summed E-state index contributed by atoms with van der Waals surface area (Å²) >= 11 is 0. The molecule has 0 aromatic rings. The predicted octanol–water partition coefficient (Wildman–Crippen LogP) is 2.59. The summed E-state index contributed by atoms with van der Waals surface area (Å²) in [4.78, 5) is 21.3. The predicted molar refractivity (Wildman–Crippen MR) is 97.2 cm³/mol. The van der Waals surface area contributed by atoms with Crippen molar-refractivity contribution in [3.8, 4) is 0 Å². The monoisotopic (exact) mass is 412 g/mol. The quantitative estimate of drug-likeness (QED) is 0.221. The van der Waals surface area contributed by atoms with Gasteiger partial charge >= 0.3 is 19.5 Å². The zero-order chi connectivity index (χ0) is 21.3. The van der Waals surface area contributed by atoms with Crippen molar-refractivity contribution in [2.24, 2.45) is 0 Å². The Bertz CT molecular complexity index is 507. The van der Waals surface area contributed by atoms with Crippen LogP contribution in [0.15, 0.2) is 24.9 Å². The van der Waals surface area contributed by atoms with Gasteiger partial charge in [-0.1, -0.05) is 13.5 Å². The van der Waals surface area contributed by atoms with E-state index in [1.165, 1.54) is 26.4 Å². The molecule has 0 heterocycles. The molecular formula is C16H29O10P. The lowest BCUT2D eigenvalue weighted by Gasteiger charge is -2.21. The maximum atomic E-state index is 12.0. The minimum atomic E-state index is -3.92. The van der Waals surface area contributed by atoms with Crippen molar-refractivity contribution < 1.29 is 48.0 Å². The third-order valence-corrected chi connectivity index (χ3v) is 5.05. The lowest BCUT2D eigenvalue weighted by atomic mass is 10.3.